The van der Waals surface area contributed by atoms with Crippen molar-refractivity contribution in [3.05, 3.63) is 133 Å². The topological polar surface area (TPSA) is 65.1 Å². The maximum atomic E-state index is 15.0. The molecule has 1 amide bonds. The minimum atomic E-state index is -3.03. The third-order valence-corrected chi connectivity index (χ3v) is 19.2. The summed E-state index contributed by atoms with van der Waals surface area (Å²) in [5, 5.41) is 2.84. The molecule has 1 fully saturated rings. The molecular weight excluding hydrogens is 670 g/mol. The minimum Gasteiger partial charge on any atom is -0.497 e. The Morgan fingerprint density at radius 3 is 1.88 bits per heavy atom. The molecule has 0 spiro atoms. The number of β-lactam (4-membered cyclic amide) rings is 1. The quantitative estimate of drug-likeness (QED) is 0.0439. The van der Waals surface area contributed by atoms with E-state index in [0.29, 0.717) is 18.3 Å². The molecule has 0 aliphatic carbocycles. The lowest BCUT2D eigenvalue weighted by atomic mass is 9.80. The molecule has 0 N–H and O–H groups in total. The molecular formula is C43H52NO5PSi. The number of ether oxygens (including phenoxy) is 2. The van der Waals surface area contributed by atoms with Crippen LogP contribution in [0.1, 0.15) is 39.7 Å². The van der Waals surface area contributed by atoms with Crippen LogP contribution in [-0.2, 0) is 25.2 Å². The lowest BCUT2D eigenvalue weighted by Gasteiger charge is -2.53. The standard InChI is InChI=1S/C43H52NO5PSi/c1-9-30-48-42(46)41(50(35-22-13-10-14-23-35,36-24-15-11-16-25-36)37-26-17-12-18-27-37)44-38(29-28-33-20-19-21-34(31-33)47-6)39(40(44)45)32(2)49-51(7,8)43(3,4)5/h9-27,31-32,38-39H,1,28-30H2,2-8H3/t32-,38+,39+/m0/s1. The molecule has 0 unspecified atom stereocenters. The van der Waals surface area contributed by atoms with Gasteiger partial charge in [-0.2, -0.15) is 0 Å². The summed E-state index contributed by atoms with van der Waals surface area (Å²) in [5.74, 6) is -0.302. The fraction of sp³-hybridized carbons (Fsp3) is 0.326. The van der Waals surface area contributed by atoms with Gasteiger partial charge in [0.05, 0.1) is 25.2 Å². The summed E-state index contributed by atoms with van der Waals surface area (Å²) < 4.78 is 18.5. The zero-order valence-corrected chi connectivity index (χ0v) is 32.9. The molecule has 0 bridgehead atoms. The van der Waals surface area contributed by atoms with Crippen molar-refractivity contribution in [2.75, 3.05) is 13.7 Å². The number of aryl methyl sites for hydroxylation is 1. The van der Waals surface area contributed by atoms with Gasteiger partial charge in [0.1, 0.15) is 17.8 Å². The van der Waals surface area contributed by atoms with Crippen molar-refractivity contribution < 1.29 is 23.5 Å². The Balaban J connectivity index is 1.80. The first kappa shape index (κ1) is 38.1. The third kappa shape index (κ3) is 7.72. The van der Waals surface area contributed by atoms with E-state index in [9.17, 15) is 4.79 Å². The zero-order chi connectivity index (χ0) is 36.8. The van der Waals surface area contributed by atoms with E-state index in [1.807, 2.05) is 79.7 Å². The Hall–Kier alpha value is -4.16. The van der Waals surface area contributed by atoms with Gasteiger partial charge in [0.15, 0.2) is 8.32 Å². The summed E-state index contributed by atoms with van der Waals surface area (Å²) in [5.41, 5.74) is 1.47. The summed E-state index contributed by atoms with van der Waals surface area (Å²) in [7, 11) is -0.580. The highest BCUT2D eigenvalue weighted by molar-refractivity contribution is 7.96. The first-order valence-electron chi connectivity index (χ1n) is 17.7. The number of nitrogens with zero attached hydrogens (tertiary/aromatic N) is 1. The molecule has 268 valence electrons. The first-order chi connectivity index (χ1) is 24.4. The maximum Gasteiger partial charge on any atom is 0.356 e. The molecule has 1 aliphatic rings. The number of carbonyl (C=O) groups is 2. The van der Waals surface area contributed by atoms with Gasteiger partial charge < -0.3 is 18.8 Å². The number of hydrogen-bond acceptors (Lipinski definition) is 5. The second-order valence-electron chi connectivity index (χ2n) is 14.7. The summed E-state index contributed by atoms with van der Waals surface area (Å²) >= 11 is 0. The van der Waals surface area contributed by atoms with E-state index in [0.717, 1.165) is 27.2 Å². The zero-order valence-electron chi connectivity index (χ0n) is 31.0. The van der Waals surface area contributed by atoms with E-state index in [2.05, 4.69) is 82.9 Å². The average molecular weight is 722 g/mol. The molecule has 1 saturated heterocycles. The predicted octanol–water partition coefficient (Wildman–Crippen LogP) is 7.72. The number of carbonyl (C=O) groups excluding carboxylic acids is 2. The molecule has 5 rings (SSSR count). The summed E-state index contributed by atoms with van der Waals surface area (Å²) in [6, 6.07) is 38.1. The van der Waals surface area contributed by atoms with Gasteiger partial charge in [-0.1, -0.05) is 137 Å². The van der Waals surface area contributed by atoms with E-state index in [1.54, 1.807) is 18.1 Å². The molecule has 51 heavy (non-hydrogen) atoms. The van der Waals surface area contributed by atoms with E-state index < -0.39 is 27.1 Å². The number of methoxy groups -OCH3 is 1. The van der Waals surface area contributed by atoms with Gasteiger partial charge in [-0.05, 0) is 71.5 Å². The lowest BCUT2D eigenvalue weighted by Crippen LogP contribution is -2.69. The van der Waals surface area contributed by atoms with Crippen molar-refractivity contribution in [2.45, 2.75) is 70.8 Å². The monoisotopic (exact) mass is 721 g/mol. The number of esters is 1. The van der Waals surface area contributed by atoms with Crippen LogP contribution in [0.15, 0.2) is 128 Å². The highest BCUT2D eigenvalue weighted by Crippen LogP contribution is 2.50. The molecule has 8 heteroatoms. The lowest BCUT2D eigenvalue weighted by molar-refractivity contribution is -0.157. The SMILES string of the molecule is C=CCOC(=O)C(N1C(=O)[C@H]([C@H](C)O[Si](C)(C)C(C)(C)C)[C@H]1CCc1cccc(OC)c1)=P(c1ccccc1)(c1ccccc1)c1ccccc1. The Morgan fingerprint density at radius 1 is 0.882 bits per heavy atom. The first-order valence-corrected chi connectivity index (χ1v) is 22.4. The Morgan fingerprint density at radius 2 is 1.41 bits per heavy atom. The van der Waals surface area contributed by atoms with E-state index in [1.165, 1.54) is 0 Å². The molecule has 0 aromatic heterocycles. The number of benzene rings is 4. The van der Waals surface area contributed by atoms with Crippen molar-refractivity contribution in [2.24, 2.45) is 5.92 Å². The molecule has 4 aromatic carbocycles. The normalized spacial score (nSPS) is 16.9. The minimum absolute atomic E-state index is 0.0194. The fourth-order valence-electron chi connectivity index (χ4n) is 6.87. The van der Waals surface area contributed by atoms with Gasteiger partial charge in [-0.25, -0.2) is 4.79 Å². The van der Waals surface area contributed by atoms with Crippen LogP contribution in [0, 0.1) is 5.92 Å². The van der Waals surface area contributed by atoms with Crippen molar-refractivity contribution >= 4 is 48.4 Å². The number of likely N-dealkylation sites (tertiary alicyclic amines) is 1. The second kappa shape index (κ2) is 16.0. The van der Waals surface area contributed by atoms with Crippen LogP contribution in [-0.4, -0.2) is 56.4 Å². The molecule has 1 aliphatic heterocycles. The maximum absolute atomic E-state index is 15.0. The summed E-state index contributed by atoms with van der Waals surface area (Å²) in [6.07, 6.45) is 2.51. The van der Waals surface area contributed by atoms with Gasteiger partial charge >= 0.3 is 5.97 Å². The van der Waals surface area contributed by atoms with Gasteiger partial charge in [0, 0.05) is 6.89 Å². The smallest absolute Gasteiger partial charge is 0.356 e. The molecule has 3 atom stereocenters. The van der Waals surface area contributed by atoms with Crippen LogP contribution >= 0.6 is 6.89 Å². The Labute approximate surface area is 305 Å². The van der Waals surface area contributed by atoms with Crippen LogP contribution in [0.5, 0.6) is 5.75 Å². The molecule has 1 heterocycles. The number of amides is 1. The van der Waals surface area contributed by atoms with Gasteiger partial charge in [0.2, 0.25) is 5.91 Å². The Kier molecular flexibility index (Phi) is 12.0. The number of rotatable bonds is 14. The average Bonchev–Trinajstić information content (AvgIpc) is 3.12. The van der Waals surface area contributed by atoms with E-state index in [4.69, 9.17) is 13.9 Å². The summed E-state index contributed by atoms with van der Waals surface area (Å²) in [6.45, 7) is 13.9. The molecule has 6 nitrogen and oxygen atoms in total. The molecule has 0 radical (unpaired) electrons. The van der Waals surface area contributed by atoms with E-state index >= 15 is 4.79 Å². The van der Waals surface area contributed by atoms with E-state index in [-0.39, 0.29) is 29.7 Å². The van der Waals surface area contributed by atoms with Crippen LogP contribution in [0.2, 0.25) is 18.1 Å². The van der Waals surface area contributed by atoms with Crippen LogP contribution in [0.4, 0.5) is 0 Å². The largest absolute Gasteiger partial charge is 0.497 e. The fourth-order valence-corrected chi connectivity index (χ4v) is 12.7. The number of hydrogen-bond donors (Lipinski definition) is 0. The molecule has 4 aromatic rings. The summed E-state index contributed by atoms with van der Waals surface area (Å²) in [4.78, 5) is 31.7. The third-order valence-electron chi connectivity index (χ3n) is 10.4. The van der Waals surface area contributed by atoms with Crippen LogP contribution in [0.3, 0.4) is 0 Å². The second-order valence-corrected chi connectivity index (χ2v) is 22.7. The van der Waals surface area contributed by atoms with Crippen LogP contribution < -0.4 is 20.7 Å². The van der Waals surface area contributed by atoms with Crippen molar-refractivity contribution in [3.63, 3.8) is 0 Å². The van der Waals surface area contributed by atoms with Gasteiger partial charge in [-0.3, -0.25) is 4.79 Å². The van der Waals surface area contributed by atoms with Crippen LogP contribution in [0.25, 0.3) is 0 Å². The van der Waals surface area contributed by atoms with Crippen molar-refractivity contribution in [1.82, 2.24) is 4.90 Å². The Bertz CT molecular complexity index is 1770. The van der Waals surface area contributed by atoms with Gasteiger partial charge in [-0.15, -0.1) is 0 Å². The highest BCUT2D eigenvalue weighted by atomic mass is 31.2. The van der Waals surface area contributed by atoms with Gasteiger partial charge in [0.25, 0.3) is 0 Å². The van der Waals surface area contributed by atoms with Crippen molar-refractivity contribution in [1.29, 1.82) is 0 Å². The molecule has 0 saturated carbocycles. The predicted molar refractivity (Wildman–Crippen MR) is 214 cm³/mol. The van der Waals surface area contributed by atoms with Crippen molar-refractivity contribution in [3.8, 4) is 5.75 Å². The highest BCUT2D eigenvalue weighted by Gasteiger charge is 2.56.